The van der Waals surface area contributed by atoms with Crippen molar-refractivity contribution in [3.8, 4) is 6.07 Å². The average Bonchev–Trinajstić information content (AvgIpc) is 2.41. The summed E-state index contributed by atoms with van der Waals surface area (Å²) < 4.78 is 0. The van der Waals surface area contributed by atoms with E-state index < -0.39 is 5.97 Å². The van der Waals surface area contributed by atoms with Crippen LogP contribution in [0, 0.1) is 11.3 Å². The van der Waals surface area contributed by atoms with Crippen molar-refractivity contribution >= 4 is 17.3 Å². The van der Waals surface area contributed by atoms with Crippen LogP contribution in [0.1, 0.15) is 15.9 Å². The highest BCUT2D eigenvalue weighted by atomic mass is 16.4. The van der Waals surface area contributed by atoms with Crippen LogP contribution in [0.2, 0.25) is 0 Å². The van der Waals surface area contributed by atoms with Crippen molar-refractivity contribution in [2.45, 2.75) is 0 Å². The summed E-state index contributed by atoms with van der Waals surface area (Å²) in [7, 11) is 0. The summed E-state index contributed by atoms with van der Waals surface area (Å²) in [4.78, 5) is 10.3. The number of hydrogen-bond acceptors (Lipinski definition) is 4. The molecule has 0 aliphatic heterocycles. The van der Waals surface area contributed by atoms with Gasteiger partial charge in [-0.1, -0.05) is 0 Å². The molecule has 0 aliphatic carbocycles. The Balaban J connectivity index is 0.000000191. The summed E-state index contributed by atoms with van der Waals surface area (Å²) in [5, 5.41) is 16.8. The second-order valence-electron chi connectivity index (χ2n) is 3.66. The van der Waals surface area contributed by atoms with E-state index in [2.05, 4.69) is 0 Å². The predicted octanol–water partition coefficient (Wildman–Crippen LogP) is 2.11. The number of nitrogen functional groups attached to an aromatic ring is 2. The number of nitrogens with two attached hydrogens (primary N) is 2. The van der Waals surface area contributed by atoms with Crippen molar-refractivity contribution < 1.29 is 9.90 Å². The maximum absolute atomic E-state index is 10.3. The van der Waals surface area contributed by atoms with Gasteiger partial charge >= 0.3 is 5.97 Å². The number of aromatic carboxylic acids is 1. The Morgan fingerprint density at radius 3 is 1.74 bits per heavy atom. The Morgan fingerprint density at radius 2 is 1.37 bits per heavy atom. The van der Waals surface area contributed by atoms with Gasteiger partial charge < -0.3 is 16.6 Å². The van der Waals surface area contributed by atoms with Gasteiger partial charge in [0.1, 0.15) is 0 Å². The second-order valence-corrected chi connectivity index (χ2v) is 3.66. The molecule has 5 N–H and O–H groups in total. The van der Waals surface area contributed by atoms with Crippen molar-refractivity contribution in [2.75, 3.05) is 11.5 Å². The number of carbonyl (C=O) groups is 1. The number of benzene rings is 2. The minimum atomic E-state index is -0.931. The molecule has 2 rings (SSSR count). The molecule has 19 heavy (non-hydrogen) atoms. The summed E-state index contributed by atoms with van der Waals surface area (Å²) in [5.74, 6) is -0.931. The molecule has 0 aromatic heterocycles. The van der Waals surface area contributed by atoms with E-state index in [-0.39, 0.29) is 5.56 Å². The van der Waals surface area contributed by atoms with Crippen molar-refractivity contribution in [1.82, 2.24) is 0 Å². The fourth-order valence-corrected chi connectivity index (χ4v) is 1.18. The predicted molar refractivity (Wildman–Crippen MR) is 73.4 cm³/mol. The van der Waals surface area contributed by atoms with Crippen molar-refractivity contribution in [3.05, 3.63) is 59.7 Å². The van der Waals surface area contributed by atoms with Crippen LogP contribution in [0.4, 0.5) is 11.4 Å². The van der Waals surface area contributed by atoms with Crippen LogP contribution in [0.25, 0.3) is 0 Å². The molecular weight excluding hydrogens is 242 g/mol. The van der Waals surface area contributed by atoms with Gasteiger partial charge in [0.05, 0.1) is 17.2 Å². The zero-order valence-corrected chi connectivity index (χ0v) is 10.1. The maximum atomic E-state index is 10.3. The Morgan fingerprint density at radius 1 is 0.947 bits per heavy atom. The average molecular weight is 255 g/mol. The number of anilines is 2. The number of nitriles is 1. The van der Waals surface area contributed by atoms with E-state index in [1.807, 2.05) is 6.07 Å². The first-order valence-corrected chi connectivity index (χ1v) is 5.37. The van der Waals surface area contributed by atoms with E-state index in [0.717, 1.165) is 0 Å². The molecule has 2 aromatic carbocycles. The lowest BCUT2D eigenvalue weighted by Gasteiger charge is -1.93. The SMILES string of the molecule is N#Cc1ccc(N)cc1.Nc1ccc(C(=O)O)cc1. The minimum absolute atomic E-state index is 0.259. The van der Waals surface area contributed by atoms with Crippen molar-refractivity contribution in [3.63, 3.8) is 0 Å². The monoisotopic (exact) mass is 255 g/mol. The highest BCUT2D eigenvalue weighted by Gasteiger charge is 1.98. The largest absolute Gasteiger partial charge is 0.478 e. The van der Waals surface area contributed by atoms with Gasteiger partial charge in [0.2, 0.25) is 0 Å². The van der Waals surface area contributed by atoms with E-state index >= 15 is 0 Å². The van der Waals surface area contributed by atoms with E-state index in [1.165, 1.54) is 12.1 Å². The topological polar surface area (TPSA) is 113 Å². The zero-order chi connectivity index (χ0) is 14.3. The Bertz CT molecular complexity index is 584. The molecule has 0 heterocycles. The lowest BCUT2D eigenvalue weighted by Crippen LogP contribution is -1.95. The number of hydrogen-bond donors (Lipinski definition) is 3. The lowest BCUT2D eigenvalue weighted by atomic mass is 10.2. The first-order chi connectivity index (χ1) is 9.02. The Labute approximate surface area is 110 Å². The number of carboxylic acid groups (broad SMARTS) is 1. The standard InChI is InChI=1S/C7H6N2.C7H7NO2/c8-5-6-1-3-7(9)4-2-6;8-6-3-1-5(2-4-6)7(9)10/h1-4H,9H2;1-4H,8H2,(H,9,10). The minimum Gasteiger partial charge on any atom is -0.478 e. The van der Waals surface area contributed by atoms with Crippen LogP contribution in [0.15, 0.2) is 48.5 Å². The fourth-order valence-electron chi connectivity index (χ4n) is 1.18. The molecule has 0 aliphatic rings. The van der Waals surface area contributed by atoms with Gasteiger partial charge in [0, 0.05) is 11.4 Å². The molecule has 5 heteroatoms. The third-order valence-corrected chi connectivity index (χ3v) is 2.20. The molecule has 0 spiro atoms. The van der Waals surface area contributed by atoms with Crippen LogP contribution < -0.4 is 11.5 Å². The summed E-state index contributed by atoms with van der Waals surface area (Å²) in [6, 6.07) is 14.8. The van der Waals surface area contributed by atoms with Crippen LogP contribution >= 0.6 is 0 Å². The normalized spacial score (nSPS) is 8.79. The quantitative estimate of drug-likeness (QED) is 0.675. The van der Waals surface area contributed by atoms with Gasteiger partial charge in [0.15, 0.2) is 0 Å². The zero-order valence-electron chi connectivity index (χ0n) is 10.1. The highest BCUT2D eigenvalue weighted by Crippen LogP contribution is 2.04. The van der Waals surface area contributed by atoms with Crippen LogP contribution in [-0.2, 0) is 0 Å². The van der Waals surface area contributed by atoms with Gasteiger partial charge in [-0.05, 0) is 48.5 Å². The molecule has 0 atom stereocenters. The van der Waals surface area contributed by atoms with Gasteiger partial charge in [-0.2, -0.15) is 5.26 Å². The van der Waals surface area contributed by atoms with E-state index in [4.69, 9.17) is 21.8 Å². The van der Waals surface area contributed by atoms with Crippen molar-refractivity contribution in [1.29, 1.82) is 5.26 Å². The van der Waals surface area contributed by atoms with E-state index in [0.29, 0.717) is 16.9 Å². The van der Waals surface area contributed by atoms with Gasteiger partial charge in [-0.3, -0.25) is 0 Å². The summed E-state index contributed by atoms with van der Waals surface area (Å²) in [5.41, 5.74) is 12.9. The first kappa shape index (κ1) is 14.1. The highest BCUT2D eigenvalue weighted by molar-refractivity contribution is 5.87. The smallest absolute Gasteiger partial charge is 0.335 e. The first-order valence-electron chi connectivity index (χ1n) is 5.37. The fraction of sp³-hybridized carbons (Fsp3) is 0. The Hall–Kier alpha value is -3.00. The third kappa shape index (κ3) is 4.79. The van der Waals surface area contributed by atoms with Crippen molar-refractivity contribution in [2.24, 2.45) is 0 Å². The molecule has 0 radical (unpaired) electrons. The van der Waals surface area contributed by atoms with Gasteiger partial charge in [-0.25, -0.2) is 4.79 Å². The molecular formula is C14H13N3O2. The van der Waals surface area contributed by atoms with Crippen LogP contribution in [-0.4, -0.2) is 11.1 Å². The molecule has 0 saturated carbocycles. The molecule has 0 unspecified atom stereocenters. The maximum Gasteiger partial charge on any atom is 0.335 e. The summed E-state index contributed by atoms with van der Waals surface area (Å²) >= 11 is 0. The Kier molecular flexibility index (Phi) is 4.93. The molecule has 96 valence electrons. The third-order valence-electron chi connectivity index (χ3n) is 2.20. The number of carboxylic acids is 1. The molecule has 5 nitrogen and oxygen atoms in total. The number of nitrogens with zero attached hydrogens (tertiary/aromatic N) is 1. The lowest BCUT2D eigenvalue weighted by molar-refractivity contribution is 0.0697. The van der Waals surface area contributed by atoms with E-state index in [9.17, 15) is 4.79 Å². The van der Waals surface area contributed by atoms with E-state index in [1.54, 1.807) is 36.4 Å². The molecule has 0 saturated heterocycles. The second kappa shape index (κ2) is 6.67. The molecule has 0 bridgehead atoms. The molecule has 0 amide bonds. The number of rotatable bonds is 1. The van der Waals surface area contributed by atoms with Crippen LogP contribution in [0.5, 0.6) is 0 Å². The van der Waals surface area contributed by atoms with Gasteiger partial charge in [-0.15, -0.1) is 0 Å². The van der Waals surface area contributed by atoms with Crippen LogP contribution in [0.3, 0.4) is 0 Å². The van der Waals surface area contributed by atoms with Gasteiger partial charge in [0.25, 0.3) is 0 Å². The summed E-state index contributed by atoms with van der Waals surface area (Å²) in [6.45, 7) is 0. The summed E-state index contributed by atoms with van der Waals surface area (Å²) in [6.07, 6.45) is 0. The molecule has 0 fully saturated rings. The molecule has 2 aromatic rings.